The van der Waals surface area contributed by atoms with Gasteiger partial charge in [0.15, 0.2) is 0 Å². The summed E-state index contributed by atoms with van der Waals surface area (Å²) in [6.07, 6.45) is 2.80. The molecule has 6 nitrogen and oxygen atoms in total. The summed E-state index contributed by atoms with van der Waals surface area (Å²) < 4.78 is 0. The number of hydrogen-bond acceptors (Lipinski definition) is 4. The summed E-state index contributed by atoms with van der Waals surface area (Å²) in [5.41, 5.74) is 2.01. The van der Waals surface area contributed by atoms with Crippen molar-refractivity contribution in [2.75, 3.05) is 57.0 Å². The van der Waals surface area contributed by atoms with E-state index >= 15 is 0 Å². The molecule has 0 bridgehead atoms. The van der Waals surface area contributed by atoms with Gasteiger partial charge in [0, 0.05) is 57.4 Å². The lowest BCUT2D eigenvalue weighted by Crippen LogP contribution is -2.37. The first kappa shape index (κ1) is 19.2. The lowest BCUT2D eigenvalue weighted by Gasteiger charge is -2.22. The zero-order valence-electron chi connectivity index (χ0n) is 15.6. The second-order valence-electron chi connectivity index (χ2n) is 6.85. The highest BCUT2D eigenvalue weighted by Gasteiger charge is 2.13. The molecule has 0 atom stereocenters. The van der Waals surface area contributed by atoms with Crippen molar-refractivity contribution >= 4 is 23.2 Å². The smallest absolute Gasteiger partial charge is 0.226 e. The van der Waals surface area contributed by atoms with E-state index < -0.39 is 0 Å². The molecule has 1 aromatic rings. The van der Waals surface area contributed by atoms with E-state index in [1.165, 1.54) is 18.5 Å². The topological polar surface area (TPSA) is 55.9 Å². The maximum atomic E-state index is 12.1. The van der Waals surface area contributed by atoms with E-state index in [4.69, 9.17) is 0 Å². The van der Waals surface area contributed by atoms with Crippen molar-refractivity contribution in [2.24, 2.45) is 0 Å². The number of rotatable bonds is 8. The van der Waals surface area contributed by atoms with Gasteiger partial charge in [0.25, 0.3) is 0 Å². The molecule has 6 heteroatoms. The standard InChI is InChI=1S/C19H30N4O2/c1-16(24)22(15-14-21(2)3)13-10-19(25)20-17-6-8-18(9-7-17)23-11-4-5-12-23/h6-9H,4-5,10-15H2,1-3H3,(H,20,25). The van der Waals surface area contributed by atoms with Crippen LogP contribution in [0.25, 0.3) is 0 Å². The Hall–Kier alpha value is -2.08. The van der Waals surface area contributed by atoms with Crippen LogP contribution in [0.15, 0.2) is 24.3 Å². The molecule has 0 unspecified atom stereocenters. The van der Waals surface area contributed by atoms with Crippen LogP contribution in [0.5, 0.6) is 0 Å². The summed E-state index contributed by atoms with van der Waals surface area (Å²) in [6.45, 7) is 5.64. The quantitative estimate of drug-likeness (QED) is 0.782. The highest BCUT2D eigenvalue weighted by atomic mass is 16.2. The Morgan fingerprint density at radius 1 is 1.04 bits per heavy atom. The zero-order valence-corrected chi connectivity index (χ0v) is 15.6. The number of carbonyl (C=O) groups excluding carboxylic acids is 2. The van der Waals surface area contributed by atoms with Crippen LogP contribution in [0.4, 0.5) is 11.4 Å². The maximum Gasteiger partial charge on any atom is 0.226 e. The van der Waals surface area contributed by atoms with Gasteiger partial charge in [0.1, 0.15) is 0 Å². The monoisotopic (exact) mass is 346 g/mol. The second-order valence-corrected chi connectivity index (χ2v) is 6.85. The molecule has 138 valence electrons. The summed E-state index contributed by atoms with van der Waals surface area (Å²) in [5.74, 6) is -0.0605. The molecule has 25 heavy (non-hydrogen) atoms. The predicted molar refractivity (Wildman–Crippen MR) is 102 cm³/mol. The van der Waals surface area contributed by atoms with Crippen molar-refractivity contribution in [1.82, 2.24) is 9.80 Å². The van der Waals surface area contributed by atoms with Crippen LogP contribution < -0.4 is 10.2 Å². The molecule has 1 fully saturated rings. The van der Waals surface area contributed by atoms with Crippen LogP contribution in [0.2, 0.25) is 0 Å². The molecular formula is C19H30N4O2. The Balaban J connectivity index is 1.79. The van der Waals surface area contributed by atoms with Gasteiger partial charge >= 0.3 is 0 Å². The number of anilines is 2. The number of hydrogen-bond donors (Lipinski definition) is 1. The van der Waals surface area contributed by atoms with Gasteiger partial charge in [0.05, 0.1) is 0 Å². The van der Waals surface area contributed by atoms with Crippen molar-refractivity contribution in [3.63, 3.8) is 0 Å². The molecule has 1 aliphatic rings. The van der Waals surface area contributed by atoms with Gasteiger partial charge in [0.2, 0.25) is 11.8 Å². The molecule has 1 heterocycles. The Morgan fingerprint density at radius 3 is 2.24 bits per heavy atom. The van der Waals surface area contributed by atoms with E-state index in [1.54, 1.807) is 11.8 Å². The van der Waals surface area contributed by atoms with Crippen LogP contribution in [-0.4, -0.2) is 68.4 Å². The third-order valence-electron chi connectivity index (χ3n) is 4.49. The number of nitrogens with zero attached hydrogens (tertiary/aromatic N) is 3. The minimum absolute atomic E-state index is 0.00427. The fraction of sp³-hybridized carbons (Fsp3) is 0.579. The highest BCUT2D eigenvalue weighted by Crippen LogP contribution is 2.22. The van der Waals surface area contributed by atoms with E-state index in [1.807, 2.05) is 31.1 Å². The molecular weight excluding hydrogens is 316 g/mol. The van der Waals surface area contributed by atoms with E-state index in [9.17, 15) is 9.59 Å². The molecule has 1 N–H and O–H groups in total. The minimum Gasteiger partial charge on any atom is -0.372 e. The molecule has 0 spiro atoms. The van der Waals surface area contributed by atoms with Crippen molar-refractivity contribution in [3.05, 3.63) is 24.3 Å². The van der Waals surface area contributed by atoms with Crippen molar-refractivity contribution in [1.29, 1.82) is 0 Å². The average Bonchev–Trinajstić information content (AvgIpc) is 3.09. The van der Waals surface area contributed by atoms with Crippen LogP contribution in [0.3, 0.4) is 0 Å². The van der Waals surface area contributed by atoms with Crippen LogP contribution in [0, 0.1) is 0 Å². The van der Waals surface area contributed by atoms with E-state index in [0.717, 1.165) is 25.3 Å². The predicted octanol–water partition coefficient (Wildman–Crippen LogP) is 2.03. The maximum absolute atomic E-state index is 12.1. The summed E-state index contributed by atoms with van der Waals surface area (Å²) in [5, 5.41) is 2.91. The third kappa shape index (κ3) is 6.38. The Labute approximate surface area is 150 Å². The first-order valence-electron chi connectivity index (χ1n) is 9.01. The van der Waals surface area contributed by atoms with Crippen LogP contribution in [0.1, 0.15) is 26.2 Å². The number of nitrogens with one attached hydrogen (secondary N) is 1. The minimum atomic E-state index is -0.0648. The molecule has 0 radical (unpaired) electrons. The molecule has 0 aromatic heterocycles. The second kappa shape index (κ2) is 9.42. The van der Waals surface area contributed by atoms with Gasteiger partial charge in [-0.1, -0.05) is 0 Å². The number of carbonyl (C=O) groups is 2. The number of likely N-dealkylation sites (N-methyl/N-ethyl adjacent to an activating group) is 1. The molecule has 1 aromatic carbocycles. The highest BCUT2D eigenvalue weighted by molar-refractivity contribution is 5.91. The average molecular weight is 346 g/mol. The van der Waals surface area contributed by atoms with Crippen molar-refractivity contribution < 1.29 is 9.59 Å². The Bertz CT molecular complexity index is 565. The van der Waals surface area contributed by atoms with E-state index in [-0.39, 0.29) is 11.8 Å². The largest absolute Gasteiger partial charge is 0.372 e. The summed E-state index contributed by atoms with van der Waals surface area (Å²) in [7, 11) is 3.94. The fourth-order valence-electron chi connectivity index (χ4n) is 2.94. The van der Waals surface area contributed by atoms with Gasteiger partial charge < -0.3 is 20.0 Å². The Kier molecular flexibility index (Phi) is 7.25. The van der Waals surface area contributed by atoms with Gasteiger partial charge in [-0.15, -0.1) is 0 Å². The molecule has 2 amide bonds. The molecule has 1 saturated heterocycles. The van der Waals surface area contributed by atoms with Crippen LogP contribution >= 0.6 is 0 Å². The lowest BCUT2D eigenvalue weighted by atomic mass is 10.2. The van der Waals surface area contributed by atoms with Crippen molar-refractivity contribution in [2.45, 2.75) is 26.2 Å². The lowest BCUT2D eigenvalue weighted by molar-refractivity contribution is -0.129. The summed E-state index contributed by atoms with van der Waals surface area (Å²) in [6, 6.07) is 8.00. The van der Waals surface area contributed by atoms with E-state index in [0.29, 0.717) is 19.5 Å². The van der Waals surface area contributed by atoms with Gasteiger partial charge in [-0.2, -0.15) is 0 Å². The molecule has 1 aliphatic heterocycles. The first-order chi connectivity index (χ1) is 12.0. The van der Waals surface area contributed by atoms with Gasteiger partial charge in [-0.05, 0) is 51.2 Å². The van der Waals surface area contributed by atoms with E-state index in [2.05, 4.69) is 22.3 Å². The fourth-order valence-corrected chi connectivity index (χ4v) is 2.94. The Morgan fingerprint density at radius 2 is 1.68 bits per heavy atom. The number of amides is 2. The molecule has 0 aliphatic carbocycles. The summed E-state index contributed by atoms with van der Waals surface area (Å²) >= 11 is 0. The first-order valence-corrected chi connectivity index (χ1v) is 9.01. The third-order valence-corrected chi connectivity index (χ3v) is 4.49. The van der Waals surface area contributed by atoms with Gasteiger partial charge in [-0.25, -0.2) is 0 Å². The summed E-state index contributed by atoms with van der Waals surface area (Å²) in [4.78, 5) is 29.9. The van der Waals surface area contributed by atoms with Crippen LogP contribution in [-0.2, 0) is 9.59 Å². The molecule has 0 saturated carbocycles. The molecule has 2 rings (SSSR count). The normalized spacial score (nSPS) is 14.0. The SMILES string of the molecule is CC(=O)N(CCC(=O)Nc1ccc(N2CCCC2)cc1)CCN(C)C. The van der Waals surface area contributed by atoms with Gasteiger partial charge in [-0.3, -0.25) is 9.59 Å². The number of benzene rings is 1. The zero-order chi connectivity index (χ0) is 18.2. The van der Waals surface area contributed by atoms with Crippen molar-refractivity contribution in [3.8, 4) is 0 Å².